The van der Waals surface area contributed by atoms with Crippen molar-refractivity contribution in [2.75, 3.05) is 0 Å². The van der Waals surface area contributed by atoms with Crippen LogP contribution in [0.5, 0.6) is 0 Å². The standard InChI is InChI=1S/C3H6N2O9S/c1-3(4(7)8,5(9)10)2(6)14-15(11,12)13/h2,6H,1H3,(H,11,12,13). The SMILES string of the molecule is CC(C(O)OS(=O)(=O)O)([N+](=O)[O-])[N+](=O)[O-]. The Morgan fingerprint density at radius 1 is 1.33 bits per heavy atom. The first-order valence-electron chi connectivity index (χ1n) is 3.14. The van der Waals surface area contributed by atoms with Crippen LogP contribution in [0.1, 0.15) is 6.92 Å². The zero-order chi connectivity index (χ0) is 12.4. The van der Waals surface area contributed by atoms with Gasteiger partial charge in [0.05, 0.1) is 6.92 Å². The van der Waals surface area contributed by atoms with Crippen LogP contribution in [0.25, 0.3) is 0 Å². The molecular weight excluding hydrogens is 240 g/mol. The Bertz CT molecular complexity index is 359. The molecule has 0 aromatic heterocycles. The Morgan fingerprint density at radius 2 is 1.67 bits per heavy atom. The molecule has 0 radical (unpaired) electrons. The molecule has 12 heteroatoms. The van der Waals surface area contributed by atoms with Crippen LogP contribution >= 0.6 is 0 Å². The maximum Gasteiger partial charge on any atom is 0.505 e. The van der Waals surface area contributed by atoms with Crippen LogP contribution in [-0.4, -0.2) is 39.9 Å². The molecule has 0 saturated carbocycles. The molecule has 0 fully saturated rings. The Morgan fingerprint density at radius 3 is 1.87 bits per heavy atom. The Hall–Kier alpha value is -1.37. The molecule has 0 amide bonds. The lowest BCUT2D eigenvalue weighted by Gasteiger charge is -2.16. The zero-order valence-electron chi connectivity index (χ0n) is 7.13. The number of hydrogen-bond donors (Lipinski definition) is 2. The molecule has 11 nitrogen and oxygen atoms in total. The van der Waals surface area contributed by atoms with Gasteiger partial charge in [-0.3, -0.25) is 24.8 Å². The van der Waals surface area contributed by atoms with Gasteiger partial charge in [0.2, 0.25) is 0 Å². The van der Waals surface area contributed by atoms with E-state index in [2.05, 4.69) is 4.18 Å². The van der Waals surface area contributed by atoms with Crippen molar-refractivity contribution in [3.8, 4) is 0 Å². The van der Waals surface area contributed by atoms with Gasteiger partial charge in [0.25, 0.3) is 0 Å². The lowest BCUT2D eigenvalue weighted by molar-refractivity contribution is -0.808. The number of aliphatic hydroxyl groups excluding tert-OH is 1. The molecule has 0 aliphatic carbocycles. The number of aliphatic hydroxyl groups is 1. The van der Waals surface area contributed by atoms with Crippen molar-refractivity contribution < 1.29 is 32.1 Å². The van der Waals surface area contributed by atoms with E-state index in [1.165, 1.54) is 0 Å². The first kappa shape index (κ1) is 13.6. The van der Waals surface area contributed by atoms with Crippen molar-refractivity contribution in [3.63, 3.8) is 0 Å². The molecule has 1 atom stereocenters. The summed E-state index contributed by atoms with van der Waals surface area (Å²) in [5, 5.41) is 29.3. The third-order valence-corrected chi connectivity index (χ3v) is 1.85. The minimum atomic E-state index is -5.23. The molecule has 2 N–H and O–H groups in total. The van der Waals surface area contributed by atoms with E-state index in [-0.39, 0.29) is 0 Å². The molecule has 0 bridgehead atoms. The van der Waals surface area contributed by atoms with Crippen molar-refractivity contribution in [2.45, 2.75) is 18.9 Å². The lowest BCUT2D eigenvalue weighted by Crippen LogP contribution is -2.54. The van der Waals surface area contributed by atoms with E-state index in [4.69, 9.17) is 9.66 Å². The number of nitro groups is 2. The van der Waals surface area contributed by atoms with Crippen LogP contribution in [-0.2, 0) is 14.6 Å². The average molecular weight is 246 g/mol. The van der Waals surface area contributed by atoms with Crippen molar-refractivity contribution in [1.29, 1.82) is 0 Å². The Balaban J connectivity index is 5.13. The van der Waals surface area contributed by atoms with Crippen LogP contribution in [0, 0.1) is 20.2 Å². The van der Waals surface area contributed by atoms with Gasteiger partial charge in [0.15, 0.2) is 0 Å². The van der Waals surface area contributed by atoms with Crippen molar-refractivity contribution >= 4 is 10.4 Å². The van der Waals surface area contributed by atoms with Gasteiger partial charge in [0.1, 0.15) is 9.85 Å². The molecule has 0 saturated heterocycles. The molecular formula is C3H6N2O9S. The summed E-state index contributed by atoms with van der Waals surface area (Å²) < 4.78 is 31.5. The zero-order valence-corrected chi connectivity index (χ0v) is 7.95. The van der Waals surface area contributed by atoms with Gasteiger partial charge < -0.3 is 5.11 Å². The van der Waals surface area contributed by atoms with Crippen molar-refractivity contribution in [3.05, 3.63) is 20.2 Å². The normalized spacial score (nSPS) is 14.6. The molecule has 0 rings (SSSR count). The highest BCUT2D eigenvalue weighted by Gasteiger charge is 2.60. The predicted octanol–water partition coefficient (Wildman–Crippen LogP) is -1.61. The van der Waals surface area contributed by atoms with Crippen LogP contribution in [0.3, 0.4) is 0 Å². The molecule has 0 aromatic carbocycles. The fourth-order valence-corrected chi connectivity index (χ4v) is 0.866. The van der Waals surface area contributed by atoms with Crippen LogP contribution in [0.2, 0.25) is 0 Å². The number of hydrogen-bond acceptors (Lipinski definition) is 8. The van der Waals surface area contributed by atoms with E-state index >= 15 is 0 Å². The van der Waals surface area contributed by atoms with Gasteiger partial charge in [-0.15, -0.1) is 0 Å². The smallest absolute Gasteiger partial charge is 0.356 e. The maximum atomic E-state index is 10.2. The first-order valence-corrected chi connectivity index (χ1v) is 4.51. The monoisotopic (exact) mass is 246 g/mol. The van der Waals surface area contributed by atoms with Gasteiger partial charge in [-0.25, -0.2) is 0 Å². The average Bonchev–Trinajstić information content (AvgIpc) is 1.98. The summed E-state index contributed by atoms with van der Waals surface area (Å²) in [7, 11) is -5.23. The minimum absolute atomic E-state index is 0.322. The lowest BCUT2D eigenvalue weighted by atomic mass is 10.2. The second-order valence-corrected chi connectivity index (χ2v) is 3.53. The number of nitrogens with zero attached hydrogens (tertiary/aromatic N) is 2. The Labute approximate surface area is 82.5 Å². The minimum Gasteiger partial charge on any atom is -0.356 e. The summed E-state index contributed by atoms with van der Waals surface area (Å²) in [5.74, 6) is 0. The summed E-state index contributed by atoms with van der Waals surface area (Å²) >= 11 is 0. The highest BCUT2D eigenvalue weighted by Crippen LogP contribution is 2.17. The van der Waals surface area contributed by atoms with Gasteiger partial charge in [-0.05, 0) is 0 Å². The van der Waals surface area contributed by atoms with E-state index in [0.717, 1.165) is 0 Å². The summed E-state index contributed by atoms with van der Waals surface area (Å²) in [5.41, 5.74) is -3.30. The summed E-state index contributed by atoms with van der Waals surface area (Å²) in [6, 6.07) is 0. The largest absolute Gasteiger partial charge is 0.505 e. The topological polar surface area (TPSA) is 170 Å². The fourth-order valence-electron chi connectivity index (χ4n) is 0.453. The third-order valence-electron chi connectivity index (χ3n) is 1.42. The van der Waals surface area contributed by atoms with E-state index in [1.54, 1.807) is 0 Å². The summed E-state index contributed by atoms with van der Waals surface area (Å²) in [4.78, 5) is 17.4. The second kappa shape index (κ2) is 4.01. The van der Waals surface area contributed by atoms with E-state index in [9.17, 15) is 28.6 Å². The highest BCUT2D eigenvalue weighted by atomic mass is 32.3. The van der Waals surface area contributed by atoms with Crippen LogP contribution in [0.4, 0.5) is 0 Å². The van der Waals surface area contributed by atoms with Crippen molar-refractivity contribution in [1.82, 2.24) is 0 Å². The molecule has 88 valence electrons. The highest BCUT2D eigenvalue weighted by molar-refractivity contribution is 7.80. The number of rotatable bonds is 5. The van der Waals surface area contributed by atoms with Gasteiger partial charge in [-0.1, -0.05) is 0 Å². The van der Waals surface area contributed by atoms with Gasteiger partial charge in [0, 0.05) is 0 Å². The van der Waals surface area contributed by atoms with Crippen molar-refractivity contribution in [2.24, 2.45) is 0 Å². The molecule has 0 spiro atoms. The Kier molecular flexibility index (Phi) is 3.65. The first-order chi connectivity index (χ1) is 6.51. The summed E-state index contributed by atoms with van der Waals surface area (Å²) in [6.45, 7) is 0.322. The summed E-state index contributed by atoms with van der Waals surface area (Å²) in [6.07, 6.45) is -2.95. The molecule has 0 aliphatic heterocycles. The quantitative estimate of drug-likeness (QED) is 0.250. The van der Waals surface area contributed by atoms with Gasteiger partial charge >= 0.3 is 22.4 Å². The van der Waals surface area contributed by atoms with Crippen LogP contribution < -0.4 is 0 Å². The van der Waals surface area contributed by atoms with E-state index in [1.807, 2.05) is 0 Å². The maximum absolute atomic E-state index is 10.2. The molecule has 0 aliphatic rings. The van der Waals surface area contributed by atoms with E-state index in [0.29, 0.717) is 6.92 Å². The second-order valence-electron chi connectivity index (χ2n) is 2.48. The molecule has 15 heavy (non-hydrogen) atoms. The predicted molar refractivity (Wildman–Crippen MR) is 41.0 cm³/mol. The van der Waals surface area contributed by atoms with Gasteiger partial charge in [-0.2, -0.15) is 12.6 Å². The fraction of sp³-hybridized carbons (Fsp3) is 1.00. The van der Waals surface area contributed by atoms with E-state index < -0.39 is 32.2 Å². The van der Waals surface area contributed by atoms with Crippen LogP contribution in [0.15, 0.2) is 0 Å². The third kappa shape index (κ3) is 3.05. The molecule has 0 aromatic rings. The molecule has 0 heterocycles. The molecule has 1 unspecified atom stereocenters.